The van der Waals surface area contributed by atoms with Crippen LogP contribution < -0.4 is 9.54 Å². The number of carbonyl (C=O) groups is 2. The molecule has 2 heterocycles. The van der Waals surface area contributed by atoms with Gasteiger partial charge in [-0.3, -0.25) is 9.59 Å². The van der Waals surface area contributed by atoms with Crippen molar-refractivity contribution in [1.82, 2.24) is 4.57 Å². The van der Waals surface area contributed by atoms with Gasteiger partial charge in [-0.05, 0) is 19.1 Å². The Balaban J connectivity index is 2.14. The van der Waals surface area contributed by atoms with Gasteiger partial charge in [0.2, 0.25) is 5.76 Å². The number of ether oxygens (including phenoxy) is 4. The second-order valence-corrected chi connectivity index (χ2v) is 6.21. The predicted octanol–water partition coefficient (Wildman–Crippen LogP) is 1.59. The number of aromatic nitrogens is 1. The van der Waals surface area contributed by atoms with Gasteiger partial charge in [-0.15, -0.1) is 0 Å². The first-order chi connectivity index (χ1) is 12.6. The van der Waals surface area contributed by atoms with E-state index < -0.39 is 11.9 Å². The summed E-state index contributed by atoms with van der Waals surface area (Å²) in [6, 6.07) is 5.52. The van der Waals surface area contributed by atoms with Crippen LogP contribution in [-0.4, -0.2) is 43.4 Å². The van der Waals surface area contributed by atoms with E-state index in [9.17, 15) is 9.59 Å². The number of benzene rings is 1. The zero-order valence-electron chi connectivity index (χ0n) is 14.4. The van der Waals surface area contributed by atoms with Gasteiger partial charge in [0.25, 0.3) is 0 Å². The molecule has 1 amide bonds. The van der Waals surface area contributed by atoms with E-state index in [1.165, 1.54) is 24.7 Å². The van der Waals surface area contributed by atoms with Gasteiger partial charge >= 0.3 is 11.9 Å². The van der Waals surface area contributed by atoms with Crippen LogP contribution in [0.25, 0.3) is 10.2 Å². The third-order valence-corrected chi connectivity index (χ3v) is 4.58. The minimum absolute atomic E-state index is 0.0309. The molecule has 0 radical (unpaired) electrons. The highest BCUT2D eigenvalue weighted by Crippen LogP contribution is 2.27. The van der Waals surface area contributed by atoms with Gasteiger partial charge in [0.1, 0.15) is 37.3 Å². The zero-order valence-corrected chi connectivity index (χ0v) is 15.2. The average Bonchev–Trinajstić information content (AvgIpc) is 3.00. The van der Waals surface area contributed by atoms with Crippen LogP contribution in [-0.2, 0) is 30.3 Å². The van der Waals surface area contributed by atoms with Gasteiger partial charge in [-0.1, -0.05) is 17.4 Å². The molecule has 0 saturated carbocycles. The summed E-state index contributed by atoms with van der Waals surface area (Å²) in [4.78, 5) is 28.7. The highest BCUT2D eigenvalue weighted by molar-refractivity contribution is 7.16. The maximum absolute atomic E-state index is 12.4. The van der Waals surface area contributed by atoms with Crippen LogP contribution in [0, 0.1) is 0 Å². The van der Waals surface area contributed by atoms with Gasteiger partial charge in [0.15, 0.2) is 4.80 Å². The van der Waals surface area contributed by atoms with E-state index >= 15 is 0 Å². The molecule has 0 N–H and O–H groups in total. The smallest absolute Gasteiger partial charge is 0.325 e. The Kier molecular flexibility index (Phi) is 5.57. The Morgan fingerprint density at radius 1 is 1.35 bits per heavy atom. The molecular weight excluding hydrogens is 360 g/mol. The van der Waals surface area contributed by atoms with E-state index in [2.05, 4.69) is 4.99 Å². The van der Waals surface area contributed by atoms with Crippen molar-refractivity contribution in [2.75, 3.05) is 26.9 Å². The SMILES string of the molecule is CCOc1cccc2sc(=NC(=O)C3=COCCO3)n(CC(=O)OC)c12. The summed E-state index contributed by atoms with van der Waals surface area (Å²) in [5, 5.41) is 0. The van der Waals surface area contributed by atoms with E-state index in [-0.39, 0.29) is 18.9 Å². The quantitative estimate of drug-likeness (QED) is 0.734. The summed E-state index contributed by atoms with van der Waals surface area (Å²) >= 11 is 1.27. The summed E-state index contributed by atoms with van der Waals surface area (Å²) in [5.41, 5.74) is 0.686. The molecule has 0 atom stereocenters. The minimum atomic E-state index is -0.576. The van der Waals surface area contributed by atoms with Gasteiger partial charge in [0.05, 0.1) is 18.4 Å². The second-order valence-electron chi connectivity index (χ2n) is 5.20. The van der Waals surface area contributed by atoms with Crippen LogP contribution in [0.1, 0.15) is 6.92 Å². The van der Waals surface area contributed by atoms with Crippen molar-refractivity contribution in [3.63, 3.8) is 0 Å². The zero-order chi connectivity index (χ0) is 18.5. The number of rotatable bonds is 5. The number of thiazole rings is 1. The molecule has 3 rings (SSSR count). The number of esters is 1. The molecule has 26 heavy (non-hydrogen) atoms. The molecule has 1 aromatic heterocycles. The Labute approximate surface area is 153 Å². The van der Waals surface area contributed by atoms with Crippen LogP contribution in [0.2, 0.25) is 0 Å². The van der Waals surface area contributed by atoms with Gasteiger partial charge < -0.3 is 23.5 Å². The number of amides is 1. The lowest BCUT2D eigenvalue weighted by atomic mass is 10.3. The Morgan fingerprint density at radius 3 is 2.88 bits per heavy atom. The van der Waals surface area contributed by atoms with Crippen molar-refractivity contribution < 1.29 is 28.5 Å². The van der Waals surface area contributed by atoms with Gasteiger partial charge in [0, 0.05) is 0 Å². The molecule has 0 aliphatic carbocycles. The summed E-state index contributed by atoms with van der Waals surface area (Å²) in [6.45, 7) is 2.92. The van der Waals surface area contributed by atoms with Crippen LogP contribution in [0.3, 0.4) is 0 Å². The standard InChI is InChI=1S/C17H18N2O6S/c1-3-24-11-5-4-6-13-15(11)19(9-14(20)22-2)17(26-13)18-16(21)12-10-23-7-8-25-12/h4-6,10H,3,7-9H2,1-2H3. The first-order valence-corrected chi connectivity index (χ1v) is 8.81. The summed E-state index contributed by atoms with van der Waals surface area (Å²) in [6.07, 6.45) is 1.25. The van der Waals surface area contributed by atoms with Crippen molar-refractivity contribution in [2.45, 2.75) is 13.5 Å². The summed E-state index contributed by atoms with van der Waals surface area (Å²) < 4.78 is 23.2. The second kappa shape index (κ2) is 8.05. The lowest BCUT2D eigenvalue weighted by Gasteiger charge is -2.12. The van der Waals surface area contributed by atoms with Crippen molar-refractivity contribution in [3.05, 3.63) is 35.0 Å². The molecule has 1 aromatic carbocycles. The lowest BCUT2D eigenvalue weighted by molar-refractivity contribution is -0.141. The molecule has 138 valence electrons. The van der Waals surface area contributed by atoms with Crippen LogP contribution >= 0.6 is 11.3 Å². The van der Waals surface area contributed by atoms with E-state index in [4.69, 9.17) is 18.9 Å². The van der Waals surface area contributed by atoms with E-state index in [1.807, 2.05) is 19.1 Å². The first-order valence-electron chi connectivity index (χ1n) is 7.99. The number of methoxy groups -OCH3 is 1. The predicted molar refractivity (Wildman–Crippen MR) is 93.6 cm³/mol. The summed E-state index contributed by atoms with van der Waals surface area (Å²) in [7, 11) is 1.31. The maximum Gasteiger partial charge on any atom is 0.325 e. The van der Waals surface area contributed by atoms with Crippen molar-refractivity contribution in [1.29, 1.82) is 0 Å². The number of para-hydroxylation sites is 1. The van der Waals surface area contributed by atoms with E-state index in [0.717, 1.165) is 4.70 Å². The molecule has 2 aromatic rings. The first kappa shape index (κ1) is 18.0. The number of fused-ring (bicyclic) bond motifs is 1. The maximum atomic E-state index is 12.4. The molecule has 0 saturated heterocycles. The fourth-order valence-electron chi connectivity index (χ4n) is 2.42. The number of hydrogen-bond donors (Lipinski definition) is 0. The van der Waals surface area contributed by atoms with Gasteiger partial charge in [-0.25, -0.2) is 0 Å². The molecule has 8 nitrogen and oxygen atoms in total. The van der Waals surface area contributed by atoms with Crippen LogP contribution in [0.5, 0.6) is 5.75 Å². The van der Waals surface area contributed by atoms with E-state index in [1.54, 1.807) is 10.6 Å². The van der Waals surface area contributed by atoms with Crippen molar-refractivity contribution in [3.8, 4) is 5.75 Å². The van der Waals surface area contributed by atoms with Crippen molar-refractivity contribution >= 4 is 33.4 Å². The Morgan fingerprint density at radius 2 is 2.19 bits per heavy atom. The normalized spacial score (nSPS) is 14.4. The van der Waals surface area contributed by atoms with Crippen LogP contribution in [0.15, 0.2) is 35.2 Å². The molecule has 0 spiro atoms. The molecule has 0 fully saturated rings. The highest BCUT2D eigenvalue weighted by Gasteiger charge is 2.18. The van der Waals surface area contributed by atoms with Crippen LogP contribution in [0.4, 0.5) is 0 Å². The molecular formula is C17H18N2O6S. The molecule has 9 heteroatoms. The molecule has 0 unspecified atom stereocenters. The third kappa shape index (κ3) is 3.72. The average molecular weight is 378 g/mol. The Hall–Kier alpha value is -2.81. The fourth-order valence-corrected chi connectivity index (χ4v) is 3.46. The number of carbonyl (C=O) groups excluding carboxylic acids is 2. The fraction of sp³-hybridized carbons (Fsp3) is 0.353. The monoisotopic (exact) mass is 378 g/mol. The van der Waals surface area contributed by atoms with Gasteiger partial charge in [-0.2, -0.15) is 4.99 Å². The largest absolute Gasteiger partial charge is 0.494 e. The Bertz CT molecular complexity index is 927. The highest BCUT2D eigenvalue weighted by atomic mass is 32.1. The summed E-state index contributed by atoms with van der Waals surface area (Å²) in [5.74, 6) is -0.395. The topological polar surface area (TPSA) is 88.4 Å². The molecule has 1 aliphatic heterocycles. The molecule has 1 aliphatic rings. The lowest BCUT2D eigenvalue weighted by Crippen LogP contribution is -2.23. The third-order valence-electron chi connectivity index (χ3n) is 3.54. The number of nitrogens with zero attached hydrogens (tertiary/aromatic N) is 2. The van der Waals surface area contributed by atoms with Crippen molar-refractivity contribution in [2.24, 2.45) is 4.99 Å². The minimum Gasteiger partial charge on any atom is -0.494 e. The molecule has 0 bridgehead atoms. The van der Waals surface area contributed by atoms with E-state index in [0.29, 0.717) is 29.3 Å². The number of hydrogen-bond acceptors (Lipinski definition) is 7.